The zero-order valence-electron chi connectivity index (χ0n) is 7.15. The number of hydrogen-bond donors (Lipinski definition) is 2. The molecule has 1 heterocycles. The lowest BCUT2D eigenvalue weighted by Gasteiger charge is -2.06. The van der Waals surface area contributed by atoms with Crippen LogP contribution in [0.4, 0.5) is 5.82 Å². The molecule has 0 radical (unpaired) electrons. The number of hydrogen-bond acceptors (Lipinski definition) is 5. The van der Waals surface area contributed by atoms with Gasteiger partial charge in [0.25, 0.3) is 0 Å². The summed E-state index contributed by atoms with van der Waals surface area (Å²) in [6.07, 6.45) is 2.85. The zero-order valence-corrected chi connectivity index (χ0v) is 7.15. The number of nitrogens with zero attached hydrogens (tertiary/aromatic N) is 2. The highest BCUT2D eigenvalue weighted by Crippen LogP contribution is 2.17. The lowest BCUT2D eigenvalue weighted by Crippen LogP contribution is -2.22. The number of primary amides is 1. The number of ether oxygens (including phenoxy) is 1. The number of carbonyl (C=O) groups excluding carboxylic acids is 1. The van der Waals surface area contributed by atoms with Crippen LogP contribution in [0.1, 0.15) is 0 Å². The Balaban J connectivity index is 2.69. The molecule has 0 bridgehead atoms. The maximum atomic E-state index is 10.4. The van der Waals surface area contributed by atoms with E-state index >= 15 is 0 Å². The number of methoxy groups -OCH3 is 1. The normalized spacial score (nSPS) is 9.31. The molecule has 0 aromatic carbocycles. The van der Waals surface area contributed by atoms with Gasteiger partial charge in [-0.25, -0.2) is 9.97 Å². The van der Waals surface area contributed by atoms with E-state index in [0.717, 1.165) is 0 Å². The van der Waals surface area contributed by atoms with E-state index in [1.165, 1.54) is 19.6 Å². The van der Waals surface area contributed by atoms with E-state index in [2.05, 4.69) is 15.3 Å². The first-order valence-corrected chi connectivity index (χ1v) is 3.60. The third-order valence-electron chi connectivity index (χ3n) is 1.33. The second-order valence-corrected chi connectivity index (χ2v) is 2.26. The summed E-state index contributed by atoms with van der Waals surface area (Å²) in [5.41, 5.74) is 4.95. The average Bonchev–Trinajstić information content (AvgIpc) is 2.15. The van der Waals surface area contributed by atoms with Gasteiger partial charge in [0.15, 0.2) is 11.6 Å². The molecule has 6 nitrogen and oxygen atoms in total. The summed E-state index contributed by atoms with van der Waals surface area (Å²) in [6, 6.07) is 0. The molecule has 0 atom stereocenters. The van der Waals surface area contributed by atoms with Crippen molar-refractivity contribution in [3.63, 3.8) is 0 Å². The van der Waals surface area contributed by atoms with Gasteiger partial charge in [0.05, 0.1) is 19.9 Å². The van der Waals surface area contributed by atoms with Gasteiger partial charge in [-0.2, -0.15) is 0 Å². The van der Waals surface area contributed by atoms with Gasteiger partial charge in [-0.05, 0) is 0 Å². The van der Waals surface area contributed by atoms with Crippen molar-refractivity contribution < 1.29 is 9.53 Å². The summed E-state index contributed by atoms with van der Waals surface area (Å²) >= 11 is 0. The van der Waals surface area contributed by atoms with E-state index in [1.54, 1.807) is 0 Å². The lowest BCUT2D eigenvalue weighted by molar-refractivity contribution is -0.116. The molecule has 0 unspecified atom stereocenters. The summed E-state index contributed by atoms with van der Waals surface area (Å²) in [6.45, 7) is 0.0212. The van der Waals surface area contributed by atoms with Crippen LogP contribution in [0.2, 0.25) is 0 Å². The van der Waals surface area contributed by atoms with E-state index in [0.29, 0.717) is 11.6 Å². The van der Waals surface area contributed by atoms with E-state index in [4.69, 9.17) is 10.5 Å². The minimum absolute atomic E-state index is 0.0212. The molecule has 1 rings (SSSR count). The Morgan fingerprint density at radius 2 is 2.54 bits per heavy atom. The number of nitrogens with two attached hydrogens (primary N) is 1. The molecule has 0 saturated carbocycles. The van der Waals surface area contributed by atoms with E-state index in [1.807, 2.05) is 0 Å². The number of nitrogens with one attached hydrogen (secondary N) is 1. The minimum Gasteiger partial charge on any atom is -0.491 e. The fourth-order valence-electron chi connectivity index (χ4n) is 0.770. The van der Waals surface area contributed by atoms with Gasteiger partial charge in [0.2, 0.25) is 5.91 Å². The Kier molecular flexibility index (Phi) is 3.02. The van der Waals surface area contributed by atoms with Crippen LogP contribution in [0.15, 0.2) is 12.5 Å². The second kappa shape index (κ2) is 4.24. The van der Waals surface area contributed by atoms with Gasteiger partial charge in [-0.1, -0.05) is 0 Å². The largest absolute Gasteiger partial charge is 0.491 e. The molecule has 3 N–H and O–H groups in total. The van der Waals surface area contributed by atoms with Gasteiger partial charge >= 0.3 is 0 Å². The summed E-state index contributed by atoms with van der Waals surface area (Å²) in [5.74, 6) is 0.473. The maximum Gasteiger partial charge on any atom is 0.236 e. The summed E-state index contributed by atoms with van der Waals surface area (Å²) in [4.78, 5) is 18.1. The molecule has 0 aliphatic heterocycles. The lowest BCUT2D eigenvalue weighted by atomic mass is 10.5. The van der Waals surface area contributed by atoms with Crippen molar-refractivity contribution in [3.05, 3.63) is 12.5 Å². The number of rotatable bonds is 4. The van der Waals surface area contributed by atoms with Crippen molar-refractivity contribution in [1.29, 1.82) is 0 Å². The van der Waals surface area contributed by atoms with Crippen molar-refractivity contribution in [1.82, 2.24) is 9.97 Å². The molecule has 1 aromatic heterocycles. The van der Waals surface area contributed by atoms with Crippen LogP contribution in [0.5, 0.6) is 5.75 Å². The summed E-state index contributed by atoms with van der Waals surface area (Å²) in [5, 5.41) is 2.71. The number of anilines is 1. The second-order valence-electron chi connectivity index (χ2n) is 2.26. The van der Waals surface area contributed by atoms with Crippen molar-refractivity contribution in [3.8, 4) is 5.75 Å². The molecule has 0 spiro atoms. The maximum absolute atomic E-state index is 10.4. The number of aromatic nitrogens is 2. The van der Waals surface area contributed by atoms with Crippen LogP contribution in [-0.2, 0) is 4.79 Å². The van der Waals surface area contributed by atoms with Crippen LogP contribution in [0, 0.1) is 0 Å². The highest BCUT2D eigenvalue weighted by molar-refractivity contribution is 5.78. The van der Waals surface area contributed by atoms with Gasteiger partial charge in [-0.15, -0.1) is 0 Å². The molecule has 70 valence electrons. The fraction of sp³-hybridized carbons (Fsp3) is 0.286. The fourth-order valence-corrected chi connectivity index (χ4v) is 0.770. The Morgan fingerprint density at radius 1 is 1.77 bits per heavy atom. The Bertz CT molecular complexity index is 302. The van der Waals surface area contributed by atoms with Gasteiger partial charge in [0.1, 0.15) is 6.33 Å². The quantitative estimate of drug-likeness (QED) is 0.647. The highest BCUT2D eigenvalue weighted by atomic mass is 16.5. The standard InChI is InChI=1S/C7H10N4O2/c1-13-5-2-9-4-11-7(5)10-3-6(8)12/h2,4H,3H2,1H3,(H2,8,12)(H,9,10,11). The molecule has 1 amide bonds. The van der Waals surface area contributed by atoms with Gasteiger partial charge in [0, 0.05) is 0 Å². The average molecular weight is 182 g/mol. The third kappa shape index (κ3) is 2.58. The van der Waals surface area contributed by atoms with Crippen LogP contribution >= 0.6 is 0 Å². The topological polar surface area (TPSA) is 90.1 Å². The third-order valence-corrected chi connectivity index (χ3v) is 1.33. The van der Waals surface area contributed by atoms with E-state index in [9.17, 15) is 4.79 Å². The smallest absolute Gasteiger partial charge is 0.236 e. The summed E-state index contributed by atoms with van der Waals surface area (Å²) < 4.78 is 4.94. The Labute approximate surface area is 75.1 Å². The molecule has 0 saturated heterocycles. The molecular formula is C7H10N4O2. The van der Waals surface area contributed by atoms with Gasteiger partial charge < -0.3 is 15.8 Å². The first-order valence-electron chi connectivity index (χ1n) is 3.60. The van der Waals surface area contributed by atoms with Crippen molar-refractivity contribution in [2.24, 2.45) is 5.73 Å². The molecule has 6 heteroatoms. The molecule has 0 aliphatic rings. The first-order chi connectivity index (χ1) is 6.24. The Morgan fingerprint density at radius 3 is 3.15 bits per heavy atom. The predicted molar refractivity (Wildman–Crippen MR) is 46.3 cm³/mol. The van der Waals surface area contributed by atoms with Crippen LogP contribution in [0.3, 0.4) is 0 Å². The van der Waals surface area contributed by atoms with Crippen LogP contribution in [0.25, 0.3) is 0 Å². The van der Waals surface area contributed by atoms with Crippen molar-refractivity contribution in [2.45, 2.75) is 0 Å². The van der Waals surface area contributed by atoms with Crippen molar-refractivity contribution >= 4 is 11.7 Å². The van der Waals surface area contributed by atoms with Gasteiger partial charge in [-0.3, -0.25) is 4.79 Å². The molecule has 1 aromatic rings. The number of amides is 1. The van der Waals surface area contributed by atoms with Crippen molar-refractivity contribution in [2.75, 3.05) is 19.0 Å². The van der Waals surface area contributed by atoms with Crippen LogP contribution < -0.4 is 15.8 Å². The predicted octanol–water partition coefficient (Wildman–Crippen LogP) is -0.618. The molecular weight excluding hydrogens is 172 g/mol. The highest BCUT2D eigenvalue weighted by Gasteiger charge is 2.03. The SMILES string of the molecule is COc1cncnc1NCC(N)=O. The number of carbonyl (C=O) groups is 1. The molecule has 0 aliphatic carbocycles. The van der Waals surface area contributed by atoms with E-state index < -0.39 is 5.91 Å². The minimum atomic E-state index is -0.458. The first kappa shape index (κ1) is 9.24. The molecule has 13 heavy (non-hydrogen) atoms. The Hall–Kier alpha value is -1.85. The van der Waals surface area contributed by atoms with Crippen LogP contribution in [-0.4, -0.2) is 29.5 Å². The van der Waals surface area contributed by atoms with E-state index in [-0.39, 0.29) is 6.54 Å². The summed E-state index contributed by atoms with van der Waals surface area (Å²) in [7, 11) is 1.49. The zero-order chi connectivity index (χ0) is 9.68. The monoisotopic (exact) mass is 182 g/mol. The molecule has 0 fully saturated rings.